The Kier molecular flexibility index (Phi) is 2.78. The van der Waals surface area contributed by atoms with Gasteiger partial charge in [0.2, 0.25) is 11.7 Å². The second kappa shape index (κ2) is 4.09. The molecule has 0 bridgehead atoms. The van der Waals surface area contributed by atoms with Gasteiger partial charge in [-0.2, -0.15) is 4.39 Å². The molecule has 2 rings (SSSR count). The third kappa shape index (κ3) is 1.73. The number of aromatic hydroxyl groups is 1. The van der Waals surface area contributed by atoms with E-state index in [1.807, 2.05) is 0 Å². The average Bonchev–Trinajstić information content (AvgIpc) is 2.28. The van der Waals surface area contributed by atoms with Gasteiger partial charge in [-0.25, -0.2) is 4.79 Å². The van der Waals surface area contributed by atoms with Crippen LogP contribution in [0.15, 0.2) is 9.59 Å². The molecule has 2 N–H and O–H groups in total. The molecule has 1 aromatic heterocycles. The van der Waals surface area contributed by atoms with Gasteiger partial charge in [0.05, 0.1) is 12.6 Å². The monoisotopic (exact) mass is 230 g/mol. The summed E-state index contributed by atoms with van der Waals surface area (Å²) in [5.41, 5.74) is -2.03. The molecule has 0 amide bonds. The van der Waals surface area contributed by atoms with Crippen LogP contribution in [0.5, 0.6) is 5.88 Å². The molecule has 88 valence electrons. The van der Waals surface area contributed by atoms with Gasteiger partial charge in [-0.1, -0.05) is 0 Å². The van der Waals surface area contributed by atoms with Crippen LogP contribution in [-0.4, -0.2) is 27.9 Å². The van der Waals surface area contributed by atoms with Gasteiger partial charge in [0.1, 0.15) is 0 Å². The lowest BCUT2D eigenvalue weighted by atomic mass is 10.1. The van der Waals surface area contributed by atoms with Gasteiger partial charge >= 0.3 is 5.69 Å². The maximum atomic E-state index is 13.1. The molecule has 0 spiro atoms. The number of aromatic amines is 1. The van der Waals surface area contributed by atoms with Crippen LogP contribution in [0.4, 0.5) is 4.39 Å². The number of ether oxygens (including phenoxy) is 1. The van der Waals surface area contributed by atoms with Crippen molar-refractivity contribution in [2.75, 3.05) is 13.2 Å². The lowest BCUT2D eigenvalue weighted by Gasteiger charge is -2.24. The molecular formula is C9H11FN2O4. The van der Waals surface area contributed by atoms with E-state index in [4.69, 9.17) is 4.74 Å². The van der Waals surface area contributed by atoms with E-state index in [1.54, 1.807) is 4.98 Å². The van der Waals surface area contributed by atoms with Gasteiger partial charge < -0.3 is 9.84 Å². The molecule has 6 nitrogen and oxygen atoms in total. The first-order valence-corrected chi connectivity index (χ1v) is 4.92. The van der Waals surface area contributed by atoms with Crippen LogP contribution >= 0.6 is 0 Å². The molecule has 2 heterocycles. The Hall–Kier alpha value is -1.63. The van der Waals surface area contributed by atoms with Crippen LogP contribution < -0.4 is 11.2 Å². The smallest absolute Gasteiger partial charge is 0.331 e. The summed E-state index contributed by atoms with van der Waals surface area (Å²) in [6.45, 7) is 0.802. The number of H-pyrrole nitrogens is 1. The third-order valence-electron chi connectivity index (χ3n) is 2.56. The first-order chi connectivity index (χ1) is 7.61. The molecule has 1 aromatic rings. The fourth-order valence-corrected chi connectivity index (χ4v) is 1.78. The van der Waals surface area contributed by atoms with Crippen LogP contribution in [0.1, 0.15) is 18.9 Å². The van der Waals surface area contributed by atoms with Gasteiger partial charge in [-0.15, -0.1) is 0 Å². The Morgan fingerprint density at radius 1 is 1.50 bits per heavy atom. The Bertz CT molecular complexity index is 501. The van der Waals surface area contributed by atoms with E-state index in [0.29, 0.717) is 13.0 Å². The van der Waals surface area contributed by atoms with E-state index < -0.39 is 29.0 Å². The Balaban J connectivity index is 2.51. The number of nitrogens with zero attached hydrogens (tertiary/aromatic N) is 1. The highest BCUT2D eigenvalue weighted by Gasteiger charge is 2.23. The second-order valence-electron chi connectivity index (χ2n) is 3.64. The van der Waals surface area contributed by atoms with E-state index >= 15 is 0 Å². The molecule has 1 fully saturated rings. The van der Waals surface area contributed by atoms with Crippen molar-refractivity contribution in [3.63, 3.8) is 0 Å². The molecule has 0 aromatic carbocycles. The fraction of sp³-hybridized carbons (Fsp3) is 0.556. The molecule has 1 saturated heterocycles. The van der Waals surface area contributed by atoms with Crippen LogP contribution in [0, 0.1) is 5.82 Å². The van der Waals surface area contributed by atoms with Gasteiger partial charge in [-0.05, 0) is 12.8 Å². The lowest BCUT2D eigenvalue weighted by Crippen LogP contribution is -2.36. The third-order valence-corrected chi connectivity index (χ3v) is 2.56. The van der Waals surface area contributed by atoms with E-state index in [1.165, 1.54) is 0 Å². The number of rotatable bonds is 1. The summed E-state index contributed by atoms with van der Waals surface area (Å²) in [4.78, 5) is 24.1. The molecule has 1 aliphatic heterocycles. The lowest BCUT2D eigenvalue weighted by molar-refractivity contribution is 0.0538. The van der Waals surface area contributed by atoms with Crippen molar-refractivity contribution in [1.29, 1.82) is 0 Å². The topological polar surface area (TPSA) is 84.3 Å². The summed E-state index contributed by atoms with van der Waals surface area (Å²) < 4.78 is 19.1. The standard InChI is InChI=1S/C9H11FN2O4/c10-6-7(13)11-9(15)12(8(6)14)5-2-1-3-16-4-5/h5,14H,1-4H2,(H,11,13,15). The zero-order chi connectivity index (χ0) is 11.7. The SMILES string of the molecule is O=c1[nH]c(=O)n(C2CCCOC2)c(O)c1F. The zero-order valence-corrected chi connectivity index (χ0v) is 8.40. The quantitative estimate of drug-likeness (QED) is 0.695. The van der Waals surface area contributed by atoms with Crippen LogP contribution in [-0.2, 0) is 4.74 Å². The Morgan fingerprint density at radius 3 is 2.88 bits per heavy atom. The molecule has 1 atom stereocenters. The normalized spacial score (nSPS) is 20.9. The van der Waals surface area contributed by atoms with Crippen molar-refractivity contribution < 1.29 is 14.2 Å². The van der Waals surface area contributed by atoms with Gasteiger partial charge in [0.15, 0.2) is 0 Å². The minimum absolute atomic E-state index is 0.221. The van der Waals surface area contributed by atoms with E-state index in [0.717, 1.165) is 11.0 Å². The van der Waals surface area contributed by atoms with Crippen molar-refractivity contribution in [2.45, 2.75) is 18.9 Å². The van der Waals surface area contributed by atoms with Crippen LogP contribution in [0.3, 0.4) is 0 Å². The minimum Gasteiger partial charge on any atom is -0.492 e. The van der Waals surface area contributed by atoms with Crippen molar-refractivity contribution in [3.8, 4) is 5.88 Å². The highest BCUT2D eigenvalue weighted by atomic mass is 19.1. The second-order valence-corrected chi connectivity index (χ2v) is 3.64. The maximum absolute atomic E-state index is 13.1. The molecule has 0 aliphatic carbocycles. The van der Waals surface area contributed by atoms with Gasteiger partial charge in [0.25, 0.3) is 5.56 Å². The number of halogens is 1. The average molecular weight is 230 g/mol. The first-order valence-electron chi connectivity index (χ1n) is 4.92. The van der Waals surface area contributed by atoms with Crippen molar-refractivity contribution in [3.05, 3.63) is 26.7 Å². The molecule has 0 radical (unpaired) electrons. The summed E-state index contributed by atoms with van der Waals surface area (Å²) in [5, 5.41) is 9.42. The van der Waals surface area contributed by atoms with E-state index in [9.17, 15) is 19.1 Å². The number of hydrogen-bond acceptors (Lipinski definition) is 4. The molecule has 7 heteroatoms. The highest BCUT2D eigenvalue weighted by molar-refractivity contribution is 5.11. The summed E-state index contributed by atoms with van der Waals surface area (Å²) in [6.07, 6.45) is 1.32. The summed E-state index contributed by atoms with van der Waals surface area (Å²) in [5.74, 6) is -2.27. The molecule has 0 saturated carbocycles. The van der Waals surface area contributed by atoms with Gasteiger partial charge in [-0.3, -0.25) is 14.3 Å². The summed E-state index contributed by atoms with van der Waals surface area (Å²) in [7, 11) is 0. The van der Waals surface area contributed by atoms with E-state index in [2.05, 4.69) is 0 Å². The largest absolute Gasteiger partial charge is 0.492 e. The molecule has 1 unspecified atom stereocenters. The fourth-order valence-electron chi connectivity index (χ4n) is 1.78. The first kappa shape index (κ1) is 10.9. The van der Waals surface area contributed by atoms with Crippen molar-refractivity contribution in [1.82, 2.24) is 9.55 Å². The maximum Gasteiger partial charge on any atom is 0.331 e. The van der Waals surface area contributed by atoms with Crippen molar-refractivity contribution >= 4 is 0 Å². The number of nitrogens with one attached hydrogen (secondary N) is 1. The molecule has 16 heavy (non-hydrogen) atoms. The predicted octanol–water partition coefficient (Wildman–Crippen LogP) is -0.267. The summed E-state index contributed by atoms with van der Waals surface area (Å²) in [6, 6.07) is -0.437. The zero-order valence-electron chi connectivity index (χ0n) is 8.40. The van der Waals surface area contributed by atoms with Crippen LogP contribution in [0.2, 0.25) is 0 Å². The Labute approximate surface area is 89.3 Å². The summed E-state index contributed by atoms with van der Waals surface area (Å²) >= 11 is 0. The van der Waals surface area contributed by atoms with Crippen LogP contribution in [0.25, 0.3) is 0 Å². The molecular weight excluding hydrogens is 219 g/mol. The highest BCUT2D eigenvalue weighted by Crippen LogP contribution is 2.22. The predicted molar refractivity (Wildman–Crippen MR) is 52.0 cm³/mol. The minimum atomic E-state index is -1.34. The molecule has 1 aliphatic rings. The van der Waals surface area contributed by atoms with E-state index in [-0.39, 0.29) is 6.61 Å². The van der Waals surface area contributed by atoms with Crippen molar-refractivity contribution in [2.24, 2.45) is 0 Å². The van der Waals surface area contributed by atoms with Gasteiger partial charge in [0, 0.05) is 6.61 Å². The Morgan fingerprint density at radius 2 is 2.25 bits per heavy atom. The number of aromatic nitrogens is 2. The number of hydrogen-bond donors (Lipinski definition) is 2.